The molecule has 29 heavy (non-hydrogen) atoms. The van der Waals surface area contributed by atoms with Crippen LogP contribution in [0.3, 0.4) is 0 Å². The number of ketones is 1. The van der Waals surface area contributed by atoms with Crippen molar-refractivity contribution in [2.24, 2.45) is 0 Å². The molecular weight excluding hydrogens is 386 g/mol. The number of amides is 1. The van der Waals surface area contributed by atoms with Crippen molar-refractivity contribution in [3.63, 3.8) is 0 Å². The van der Waals surface area contributed by atoms with Crippen LogP contribution in [0.1, 0.15) is 22.0 Å². The molecule has 1 aliphatic rings. The molecule has 5 nitrogen and oxygen atoms in total. The topological polar surface area (TPSA) is 66.8 Å². The summed E-state index contributed by atoms with van der Waals surface area (Å²) < 4.78 is 5.15. The molecule has 3 aromatic rings. The van der Waals surface area contributed by atoms with E-state index >= 15 is 0 Å². The van der Waals surface area contributed by atoms with Gasteiger partial charge in [-0.15, -0.1) is 11.3 Å². The maximum atomic E-state index is 12.9. The molecule has 146 valence electrons. The zero-order valence-electron chi connectivity index (χ0n) is 15.7. The third-order valence-corrected chi connectivity index (χ3v) is 5.84. The first-order valence-electron chi connectivity index (χ1n) is 9.10. The van der Waals surface area contributed by atoms with Gasteiger partial charge < -0.3 is 14.7 Å². The Hall–Kier alpha value is -3.38. The molecular formula is C23H19NO4S. The normalized spacial score (nSPS) is 18.2. The number of carbonyl (C=O) groups is 2. The number of carbonyl (C=O) groups excluding carboxylic acids is 2. The van der Waals surface area contributed by atoms with Crippen LogP contribution in [-0.4, -0.2) is 28.8 Å². The van der Waals surface area contributed by atoms with E-state index in [9.17, 15) is 14.7 Å². The Balaban J connectivity index is 1.81. The molecule has 2 aromatic carbocycles. The predicted molar refractivity (Wildman–Crippen MR) is 112 cm³/mol. The molecule has 1 atom stereocenters. The van der Waals surface area contributed by atoms with Gasteiger partial charge in [0.15, 0.2) is 0 Å². The molecule has 1 aromatic heterocycles. The molecule has 1 aliphatic heterocycles. The summed E-state index contributed by atoms with van der Waals surface area (Å²) in [5, 5.41) is 12.9. The van der Waals surface area contributed by atoms with E-state index in [1.54, 1.807) is 31.4 Å². The van der Waals surface area contributed by atoms with Gasteiger partial charge in [0.2, 0.25) is 0 Å². The van der Waals surface area contributed by atoms with Crippen LogP contribution in [0.15, 0.2) is 77.7 Å². The number of rotatable bonds is 5. The van der Waals surface area contributed by atoms with E-state index in [0.717, 1.165) is 10.4 Å². The number of thiophene rings is 1. The lowest BCUT2D eigenvalue weighted by Crippen LogP contribution is -2.28. The minimum absolute atomic E-state index is 0.110. The average Bonchev–Trinajstić information content (AvgIpc) is 3.37. The molecule has 1 unspecified atom stereocenters. The van der Waals surface area contributed by atoms with Gasteiger partial charge in [0.1, 0.15) is 11.5 Å². The number of aliphatic hydroxyl groups is 1. The summed E-state index contributed by atoms with van der Waals surface area (Å²) in [6, 6.07) is 19.4. The second-order valence-corrected chi connectivity index (χ2v) is 7.64. The number of likely N-dealkylation sites (tertiary alicyclic amines) is 1. The maximum Gasteiger partial charge on any atom is 0.295 e. The zero-order chi connectivity index (χ0) is 20.4. The Kier molecular flexibility index (Phi) is 5.18. The quantitative estimate of drug-likeness (QED) is 0.389. The average molecular weight is 405 g/mol. The van der Waals surface area contributed by atoms with E-state index in [0.29, 0.717) is 11.3 Å². The van der Waals surface area contributed by atoms with E-state index in [1.165, 1.54) is 16.2 Å². The van der Waals surface area contributed by atoms with E-state index in [1.807, 2.05) is 47.8 Å². The third kappa shape index (κ3) is 3.54. The van der Waals surface area contributed by atoms with E-state index in [2.05, 4.69) is 0 Å². The highest BCUT2D eigenvalue weighted by Gasteiger charge is 2.46. The highest BCUT2D eigenvalue weighted by atomic mass is 32.1. The number of hydrogen-bond acceptors (Lipinski definition) is 5. The van der Waals surface area contributed by atoms with Crippen molar-refractivity contribution < 1.29 is 19.4 Å². The van der Waals surface area contributed by atoms with Gasteiger partial charge >= 0.3 is 0 Å². The van der Waals surface area contributed by atoms with Crippen LogP contribution in [0.4, 0.5) is 0 Å². The Morgan fingerprint density at radius 2 is 1.76 bits per heavy atom. The summed E-state index contributed by atoms with van der Waals surface area (Å²) >= 11 is 1.45. The second-order valence-electron chi connectivity index (χ2n) is 6.66. The molecule has 0 bridgehead atoms. The van der Waals surface area contributed by atoms with Gasteiger partial charge in [0.05, 0.1) is 18.7 Å². The smallest absolute Gasteiger partial charge is 0.295 e. The molecule has 1 saturated heterocycles. The van der Waals surface area contributed by atoms with Crippen LogP contribution >= 0.6 is 11.3 Å². The summed E-state index contributed by atoms with van der Waals surface area (Å²) in [6.45, 7) is 0.285. The number of ether oxygens (including phenoxy) is 1. The van der Waals surface area contributed by atoms with E-state index in [-0.39, 0.29) is 17.9 Å². The van der Waals surface area contributed by atoms with Crippen LogP contribution < -0.4 is 4.74 Å². The van der Waals surface area contributed by atoms with Crippen molar-refractivity contribution in [1.82, 2.24) is 4.90 Å². The van der Waals surface area contributed by atoms with Gasteiger partial charge in [-0.25, -0.2) is 0 Å². The number of Topliss-reactive ketones (excluding diaryl/α,β-unsaturated/α-hetero) is 1. The monoisotopic (exact) mass is 405 g/mol. The largest absolute Gasteiger partial charge is 0.507 e. The lowest BCUT2D eigenvalue weighted by atomic mass is 9.99. The summed E-state index contributed by atoms with van der Waals surface area (Å²) in [6.07, 6.45) is 0. The Labute approximate surface area is 172 Å². The van der Waals surface area contributed by atoms with Crippen molar-refractivity contribution in [2.45, 2.75) is 12.6 Å². The SMILES string of the molecule is COc1ccc(C(O)=C2C(=O)C(=O)N(Cc3ccccc3)C2c2cccs2)cc1. The van der Waals surface area contributed by atoms with Crippen molar-refractivity contribution in [2.75, 3.05) is 7.11 Å². The molecule has 2 heterocycles. The number of aliphatic hydroxyl groups excluding tert-OH is 1. The van der Waals surface area contributed by atoms with Crippen molar-refractivity contribution in [3.8, 4) is 5.75 Å². The number of methoxy groups -OCH3 is 1. The first-order valence-corrected chi connectivity index (χ1v) is 9.98. The van der Waals surface area contributed by atoms with Crippen LogP contribution in [0, 0.1) is 0 Å². The van der Waals surface area contributed by atoms with Gasteiger partial charge in [0, 0.05) is 17.0 Å². The van der Waals surface area contributed by atoms with Crippen LogP contribution in [0.25, 0.3) is 5.76 Å². The summed E-state index contributed by atoms with van der Waals surface area (Å²) in [5.74, 6) is -0.823. The highest BCUT2D eigenvalue weighted by Crippen LogP contribution is 2.41. The van der Waals surface area contributed by atoms with E-state index in [4.69, 9.17) is 4.74 Å². The third-order valence-electron chi connectivity index (χ3n) is 4.91. The van der Waals surface area contributed by atoms with Gasteiger partial charge in [-0.1, -0.05) is 36.4 Å². The van der Waals surface area contributed by atoms with Crippen molar-refractivity contribution in [1.29, 1.82) is 0 Å². The molecule has 1 fully saturated rings. The number of nitrogens with zero attached hydrogens (tertiary/aromatic N) is 1. The Bertz CT molecular complexity index is 1060. The molecule has 4 rings (SSSR count). The molecule has 1 N–H and O–H groups in total. The standard InChI is InChI=1S/C23H19NO4S/c1-28-17-11-9-16(10-12-17)21(25)19-20(18-8-5-13-29-18)24(23(27)22(19)26)14-15-6-3-2-4-7-15/h2-13,20,25H,14H2,1H3. The maximum absolute atomic E-state index is 12.9. The number of hydrogen-bond donors (Lipinski definition) is 1. The predicted octanol–water partition coefficient (Wildman–Crippen LogP) is 4.38. The first kappa shape index (κ1) is 19.0. The summed E-state index contributed by atoms with van der Waals surface area (Å²) in [4.78, 5) is 28.2. The van der Waals surface area contributed by atoms with Crippen LogP contribution in [-0.2, 0) is 16.1 Å². The van der Waals surface area contributed by atoms with Crippen molar-refractivity contribution >= 4 is 28.8 Å². The second kappa shape index (κ2) is 7.93. The molecule has 0 spiro atoms. The fourth-order valence-electron chi connectivity index (χ4n) is 3.47. The molecule has 0 saturated carbocycles. The van der Waals surface area contributed by atoms with Crippen molar-refractivity contribution in [3.05, 3.63) is 93.7 Å². The lowest BCUT2D eigenvalue weighted by Gasteiger charge is -2.24. The summed E-state index contributed by atoms with van der Waals surface area (Å²) in [5.41, 5.74) is 1.49. The fourth-order valence-corrected chi connectivity index (χ4v) is 4.32. The van der Waals surface area contributed by atoms with Crippen LogP contribution in [0.2, 0.25) is 0 Å². The van der Waals surface area contributed by atoms with Crippen LogP contribution in [0.5, 0.6) is 5.75 Å². The van der Waals surface area contributed by atoms with Gasteiger partial charge in [-0.3, -0.25) is 9.59 Å². The lowest BCUT2D eigenvalue weighted by molar-refractivity contribution is -0.140. The molecule has 0 radical (unpaired) electrons. The molecule has 6 heteroatoms. The minimum atomic E-state index is -0.673. The zero-order valence-corrected chi connectivity index (χ0v) is 16.6. The molecule has 1 amide bonds. The van der Waals surface area contributed by atoms with Gasteiger partial charge in [-0.2, -0.15) is 0 Å². The minimum Gasteiger partial charge on any atom is -0.507 e. The fraction of sp³-hybridized carbons (Fsp3) is 0.130. The van der Waals surface area contributed by atoms with Gasteiger partial charge in [-0.05, 0) is 41.3 Å². The first-order chi connectivity index (χ1) is 14.1. The number of benzene rings is 2. The van der Waals surface area contributed by atoms with E-state index < -0.39 is 17.7 Å². The highest BCUT2D eigenvalue weighted by molar-refractivity contribution is 7.10. The Morgan fingerprint density at radius 3 is 2.38 bits per heavy atom. The Morgan fingerprint density at radius 1 is 1.03 bits per heavy atom. The molecule has 0 aliphatic carbocycles. The summed E-state index contributed by atoms with van der Waals surface area (Å²) in [7, 11) is 1.56. The van der Waals surface area contributed by atoms with Gasteiger partial charge in [0.25, 0.3) is 11.7 Å².